The Balaban J connectivity index is 0.000000206. The molecule has 1 unspecified atom stereocenters. The number of hydrogen-bond acceptors (Lipinski definition) is 5. The Kier molecular flexibility index (Phi) is 5.70. The highest BCUT2D eigenvalue weighted by Crippen LogP contribution is 2.26. The van der Waals surface area contributed by atoms with Gasteiger partial charge < -0.3 is 15.7 Å². The van der Waals surface area contributed by atoms with E-state index in [-0.39, 0.29) is 17.6 Å². The quantitative estimate of drug-likeness (QED) is 0.681. The summed E-state index contributed by atoms with van der Waals surface area (Å²) in [6, 6.07) is 8.49. The van der Waals surface area contributed by atoms with Crippen molar-refractivity contribution in [2.24, 2.45) is 0 Å². The van der Waals surface area contributed by atoms with Gasteiger partial charge in [-0.1, -0.05) is 23.7 Å². The summed E-state index contributed by atoms with van der Waals surface area (Å²) in [5.74, 6) is -0.314. The van der Waals surface area contributed by atoms with Gasteiger partial charge in [-0.2, -0.15) is 0 Å². The molecule has 6 nitrogen and oxygen atoms in total. The molecular weight excluding hydrogens is 357 g/mol. The highest BCUT2D eigenvalue weighted by Gasteiger charge is 2.13. The van der Waals surface area contributed by atoms with Crippen molar-refractivity contribution >= 4 is 23.1 Å². The van der Waals surface area contributed by atoms with E-state index in [9.17, 15) is 4.39 Å². The van der Waals surface area contributed by atoms with Crippen molar-refractivity contribution in [3.63, 3.8) is 0 Å². The molecule has 26 heavy (non-hydrogen) atoms. The Morgan fingerprint density at radius 1 is 1.35 bits per heavy atom. The molecule has 0 saturated carbocycles. The van der Waals surface area contributed by atoms with E-state index in [1.54, 1.807) is 18.2 Å². The van der Waals surface area contributed by atoms with Crippen LogP contribution in [0.3, 0.4) is 0 Å². The molecule has 3 aromatic rings. The van der Waals surface area contributed by atoms with Crippen molar-refractivity contribution in [3.05, 3.63) is 47.4 Å². The van der Waals surface area contributed by atoms with Crippen molar-refractivity contribution < 1.29 is 9.50 Å². The van der Waals surface area contributed by atoms with Crippen molar-refractivity contribution in [2.45, 2.75) is 18.9 Å². The van der Waals surface area contributed by atoms with Gasteiger partial charge in [0, 0.05) is 23.2 Å². The summed E-state index contributed by atoms with van der Waals surface area (Å²) in [4.78, 5) is 5.93. The summed E-state index contributed by atoms with van der Waals surface area (Å²) in [5, 5.41) is 13.6. The third kappa shape index (κ3) is 4.30. The Hall–Kier alpha value is -2.22. The van der Waals surface area contributed by atoms with Gasteiger partial charge in [0.2, 0.25) is 5.95 Å². The lowest BCUT2D eigenvalue weighted by molar-refractivity contribution is 0.0846. The predicted octanol–water partition coefficient (Wildman–Crippen LogP) is 2.84. The van der Waals surface area contributed by atoms with Crippen LogP contribution in [-0.4, -0.2) is 50.8 Å². The maximum absolute atomic E-state index is 13.7. The molecule has 1 saturated heterocycles. The zero-order chi connectivity index (χ0) is 18.7. The number of aliphatic hydroxyl groups is 1. The van der Waals surface area contributed by atoms with Crippen molar-refractivity contribution in [2.75, 3.05) is 25.9 Å². The SMILES string of the molecule is CN1CCCC(O)C1.Nc1ncc2c(F)cc(-c3cccc(Cl)c3)n2n1. The summed E-state index contributed by atoms with van der Waals surface area (Å²) in [6.07, 6.45) is 3.43. The summed E-state index contributed by atoms with van der Waals surface area (Å²) in [6.45, 7) is 2.01. The maximum atomic E-state index is 13.7. The summed E-state index contributed by atoms with van der Waals surface area (Å²) in [5.41, 5.74) is 7.14. The number of aliphatic hydroxyl groups excluding tert-OH is 1. The lowest BCUT2D eigenvalue weighted by atomic mass is 10.1. The molecule has 0 aliphatic carbocycles. The molecule has 0 bridgehead atoms. The van der Waals surface area contributed by atoms with E-state index < -0.39 is 5.82 Å². The maximum Gasteiger partial charge on any atom is 0.238 e. The first kappa shape index (κ1) is 18.6. The van der Waals surface area contributed by atoms with Crippen LogP contribution < -0.4 is 5.73 Å². The molecule has 8 heteroatoms. The predicted molar refractivity (Wildman–Crippen MR) is 101 cm³/mol. The number of β-amino-alcohol motifs (C(OH)–C–C–N with tert-alkyl or cyclic N) is 1. The fourth-order valence-electron chi connectivity index (χ4n) is 2.96. The summed E-state index contributed by atoms with van der Waals surface area (Å²) < 4.78 is 15.2. The minimum atomic E-state index is -0.398. The zero-order valence-electron chi connectivity index (χ0n) is 14.4. The van der Waals surface area contributed by atoms with Crippen LogP contribution in [0.25, 0.3) is 16.8 Å². The normalized spacial score (nSPS) is 17.8. The number of likely N-dealkylation sites (tertiary alicyclic amines) is 1. The number of benzene rings is 1. The summed E-state index contributed by atoms with van der Waals surface area (Å²) in [7, 11) is 2.04. The van der Waals surface area contributed by atoms with E-state index in [2.05, 4.69) is 15.0 Å². The van der Waals surface area contributed by atoms with Gasteiger partial charge in [-0.05, 0) is 38.6 Å². The average Bonchev–Trinajstić information content (AvgIpc) is 2.91. The van der Waals surface area contributed by atoms with E-state index in [0.717, 1.165) is 31.5 Å². The number of fused-ring (bicyclic) bond motifs is 1. The Bertz CT molecular complexity index is 892. The summed E-state index contributed by atoms with van der Waals surface area (Å²) >= 11 is 5.92. The third-order valence-corrected chi connectivity index (χ3v) is 4.44. The van der Waals surface area contributed by atoms with Crippen LogP contribution in [0, 0.1) is 5.82 Å². The monoisotopic (exact) mass is 377 g/mol. The van der Waals surface area contributed by atoms with E-state index >= 15 is 0 Å². The molecule has 0 radical (unpaired) electrons. The van der Waals surface area contributed by atoms with Gasteiger partial charge in [-0.15, -0.1) is 5.10 Å². The molecule has 0 spiro atoms. The fourth-order valence-corrected chi connectivity index (χ4v) is 3.15. The van der Waals surface area contributed by atoms with E-state index in [0.29, 0.717) is 10.7 Å². The number of anilines is 1. The van der Waals surface area contributed by atoms with Gasteiger partial charge in [0.1, 0.15) is 5.52 Å². The van der Waals surface area contributed by atoms with E-state index in [1.165, 1.54) is 16.8 Å². The van der Waals surface area contributed by atoms with Crippen molar-refractivity contribution in [3.8, 4) is 11.3 Å². The van der Waals surface area contributed by atoms with Crippen molar-refractivity contribution in [1.29, 1.82) is 0 Å². The van der Waals surface area contributed by atoms with Gasteiger partial charge in [-0.3, -0.25) is 0 Å². The van der Waals surface area contributed by atoms with Gasteiger partial charge in [0.15, 0.2) is 5.82 Å². The lowest BCUT2D eigenvalue weighted by Crippen LogP contribution is -2.34. The van der Waals surface area contributed by atoms with Gasteiger partial charge in [-0.25, -0.2) is 13.9 Å². The van der Waals surface area contributed by atoms with Crippen LogP contribution >= 0.6 is 11.6 Å². The number of nitrogens with two attached hydrogens (primary N) is 1. The second kappa shape index (κ2) is 7.99. The molecule has 1 atom stereocenters. The van der Waals surface area contributed by atoms with Gasteiger partial charge in [0.25, 0.3) is 0 Å². The molecule has 3 N–H and O–H groups in total. The average molecular weight is 378 g/mol. The number of piperidine rings is 1. The molecule has 0 amide bonds. The van der Waals surface area contributed by atoms with Crippen LogP contribution in [-0.2, 0) is 0 Å². The molecule has 1 aromatic carbocycles. The molecular formula is C18H21ClFN5O. The molecule has 3 heterocycles. The first-order valence-electron chi connectivity index (χ1n) is 8.36. The molecule has 1 aliphatic heterocycles. The van der Waals surface area contributed by atoms with Gasteiger partial charge in [0.05, 0.1) is 18.0 Å². The molecule has 4 rings (SSSR count). The molecule has 1 fully saturated rings. The smallest absolute Gasteiger partial charge is 0.238 e. The fraction of sp³-hybridized carbons (Fsp3) is 0.333. The van der Waals surface area contributed by atoms with Crippen LogP contribution in [0.15, 0.2) is 36.5 Å². The molecule has 138 valence electrons. The molecule has 1 aliphatic rings. The minimum Gasteiger partial charge on any atom is -0.392 e. The standard InChI is InChI=1S/C12H8ClFN4.C6H13NO/c13-8-3-1-2-7(4-8)10-5-9(14)11-6-16-12(15)17-18(10)11;1-7-4-2-3-6(8)5-7/h1-6H,(H2,15,17);6,8H,2-5H2,1H3. The largest absolute Gasteiger partial charge is 0.392 e. The van der Waals surface area contributed by atoms with Crippen LogP contribution in [0.5, 0.6) is 0 Å². The number of aromatic nitrogens is 3. The number of halogens is 2. The highest BCUT2D eigenvalue weighted by molar-refractivity contribution is 6.30. The number of rotatable bonds is 1. The number of nitrogen functional groups attached to an aromatic ring is 1. The third-order valence-electron chi connectivity index (χ3n) is 4.21. The van der Waals surface area contributed by atoms with Crippen LogP contribution in [0.1, 0.15) is 12.8 Å². The van der Waals surface area contributed by atoms with Crippen LogP contribution in [0.4, 0.5) is 10.3 Å². The Labute approximate surface area is 156 Å². The van der Waals surface area contributed by atoms with Crippen LogP contribution in [0.2, 0.25) is 5.02 Å². The highest BCUT2D eigenvalue weighted by atomic mass is 35.5. The second-order valence-corrected chi connectivity index (χ2v) is 6.80. The number of likely N-dealkylation sites (N-methyl/N-ethyl adjacent to an activating group) is 1. The first-order valence-corrected chi connectivity index (χ1v) is 8.74. The Morgan fingerprint density at radius 3 is 2.81 bits per heavy atom. The first-order chi connectivity index (χ1) is 12.4. The number of nitrogens with zero attached hydrogens (tertiary/aromatic N) is 4. The van der Waals surface area contributed by atoms with E-state index in [4.69, 9.17) is 22.4 Å². The minimum absolute atomic E-state index is 0.0613. The molecule has 2 aromatic heterocycles. The number of hydrogen-bond donors (Lipinski definition) is 2. The zero-order valence-corrected chi connectivity index (χ0v) is 15.2. The van der Waals surface area contributed by atoms with E-state index in [1.807, 2.05) is 13.1 Å². The van der Waals surface area contributed by atoms with Gasteiger partial charge >= 0.3 is 0 Å². The second-order valence-electron chi connectivity index (χ2n) is 6.36. The topological polar surface area (TPSA) is 79.7 Å². The van der Waals surface area contributed by atoms with Crippen molar-refractivity contribution in [1.82, 2.24) is 19.5 Å². The lowest BCUT2D eigenvalue weighted by Gasteiger charge is -2.25. The Morgan fingerprint density at radius 2 is 2.15 bits per heavy atom.